The van der Waals surface area contributed by atoms with Crippen molar-refractivity contribution in [2.75, 3.05) is 26.0 Å². The number of thiophene rings is 1. The SMILES string of the molecule is COC(=O)c1c(NC(=O)N(C)CC(C)C(=O)O)sc2c1CCCC2. The Morgan fingerprint density at radius 3 is 2.62 bits per heavy atom. The number of anilines is 1. The highest BCUT2D eigenvalue weighted by Gasteiger charge is 2.27. The van der Waals surface area contributed by atoms with Gasteiger partial charge in [-0.15, -0.1) is 11.3 Å². The molecule has 0 saturated carbocycles. The number of carboxylic acids is 1. The minimum atomic E-state index is -0.962. The normalized spacial score (nSPS) is 14.5. The van der Waals surface area contributed by atoms with Gasteiger partial charge in [0, 0.05) is 18.5 Å². The average molecular weight is 354 g/mol. The fourth-order valence-corrected chi connectivity index (χ4v) is 4.00. The highest BCUT2D eigenvalue weighted by atomic mass is 32.1. The van der Waals surface area contributed by atoms with Crippen LogP contribution in [0.15, 0.2) is 0 Å². The van der Waals surface area contributed by atoms with E-state index in [9.17, 15) is 14.4 Å². The van der Waals surface area contributed by atoms with Crippen molar-refractivity contribution in [3.8, 4) is 0 Å². The Bertz CT molecular complexity index is 655. The number of ether oxygens (including phenoxy) is 1. The summed E-state index contributed by atoms with van der Waals surface area (Å²) < 4.78 is 4.86. The second-order valence-corrected chi connectivity index (χ2v) is 7.06. The predicted octanol–water partition coefficient (Wildman–Crippen LogP) is 2.60. The van der Waals surface area contributed by atoms with E-state index in [1.807, 2.05) is 0 Å². The lowest BCUT2D eigenvalue weighted by Gasteiger charge is -2.20. The summed E-state index contributed by atoms with van der Waals surface area (Å²) >= 11 is 1.40. The van der Waals surface area contributed by atoms with E-state index in [1.54, 1.807) is 0 Å². The molecule has 2 N–H and O–H groups in total. The number of rotatable bonds is 5. The maximum Gasteiger partial charge on any atom is 0.341 e. The van der Waals surface area contributed by atoms with Crippen LogP contribution >= 0.6 is 11.3 Å². The molecule has 0 aromatic carbocycles. The Kier molecular flexibility index (Phi) is 5.82. The van der Waals surface area contributed by atoms with Crippen LogP contribution in [-0.4, -0.2) is 48.7 Å². The van der Waals surface area contributed by atoms with Gasteiger partial charge in [-0.3, -0.25) is 10.1 Å². The smallest absolute Gasteiger partial charge is 0.341 e. The summed E-state index contributed by atoms with van der Waals surface area (Å²) in [5.41, 5.74) is 1.40. The highest BCUT2D eigenvalue weighted by Crippen LogP contribution is 2.38. The van der Waals surface area contributed by atoms with Gasteiger partial charge in [-0.2, -0.15) is 0 Å². The van der Waals surface area contributed by atoms with E-state index in [2.05, 4.69) is 5.32 Å². The lowest BCUT2D eigenvalue weighted by atomic mass is 9.95. The molecule has 0 spiro atoms. The third kappa shape index (κ3) is 3.87. The number of carboxylic acid groups (broad SMARTS) is 1. The Balaban J connectivity index is 2.19. The molecular weight excluding hydrogens is 332 g/mol. The maximum atomic E-state index is 12.3. The van der Waals surface area contributed by atoms with Gasteiger partial charge in [-0.05, 0) is 31.2 Å². The molecule has 132 valence electrons. The number of aryl methyl sites for hydroxylation is 1. The molecule has 0 bridgehead atoms. The number of carbonyl (C=O) groups is 3. The minimum Gasteiger partial charge on any atom is -0.481 e. The Morgan fingerprint density at radius 2 is 2.00 bits per heavy atom. The first kappa shape index (κ1) is 18.3. The second-order valence-electron chi connectivity index (χ2n) is 5.96. The molecule has 1 heterocycles. The lowest BCUT2D eigenvalue weighted by Crippen LogP contribution is -2.36. The monoisotopic (exact) mass is 354 g/mol. The zero-order valence-electron chi connectivity index (χ0n) is 14.0. The van der Waals surface area contributed by atoms with E-state index >= 15 is 0 Å². The Hall–Kier alpha value is -2.09. The predicted molar refractivity (Wildman–Crippen MR) is 90.7 cm³/mol. The van der Waals surface area contributed by atoms with E-state index in [4.69, 9.17) is 9.84 Å². The molecule has 24 heavy (non-hydrogen) atoms. The van der Waals surface area contributed by atoms with Gasteiger partial charge in [0.1, 0.15) is 5.00 Å². The van der Waals surface area contributed by atoms with E-state index < -0.39 is 23.9 Å². The minimum absolute atomic E-state index is 0.0831. The summed E-state index contributed by atoms with van der Waals surface area (Å²) in [6, 6.07) is -0.438. The molecule has 2 rings (SSSR count). The molecule has 1 unspecified atom stereocenters. The molecule has 0 radical (unpaired) electrons. The average Bonchev–Trinajstić information content (AvgIpc) is 2.91. The van der Waals surface area contributed by atoms with Gasteiger partial charge in [0.2, 0.25) is 0 Å². The zero-order chi connectivity index (χ0) is 17.9. The molecule has 1 atom stereocenters. The molecular formula is C16H22N2O5S. The molecule has 0 saturated heterocycles. The number of urea groups is 1. The first-order valence-electron chi connectivity index (χ1n) is 7.83. The van der Waals surface area contributed by atoms with Gasteiger partial charge < -0.3 is 14.7 Å². The quantitative estimate of drug-likeness (QED) is 0.793. The zero-order valence-corrected chi connectivity index (χ0v) is 14.9. The fourth-order valence-electron chi connectivity index (χ4n) is 2.74. The topological polar surface area (TPSA) is 95.9 Å². The van der Waals surface area contributed by atoms with Crippen molar-refractivity contribution < 1.29 is 24.2 Å². The van der Waals surface area contributed by atoms with Crippen molar-refractivity contribution in [2.45, 2.75) is 32.6 Å². The summed E-state index contributed by atoms with van der Waals surface area (Å²) in [5.74, 6) is -2.08. The third-order valence-electron chi connectivity index (χ3n) is 4.10. The number of aliphatic carboxylic acids is 1. The van der Waals surface area contributed by atoms with Crippen LogP contribution in [0.3, 0.4) is 0 Å². The van der Waals surface area contributed by atoms with Crippen LogP contribution < -0.4 is 5.32 Å². The Labute approximate surface area is 144 Å². The fraction of sp³-hybridized carbons (Fsp3) is 0.562. The number of nitrogens with one attached hydrogen (secondary N) is 1. The molecule has 7 nitrogen and oxygen atoms in total. The third-order valence-corrected chi connectivity index (χ3v) is 5.30. The van der Waals surface area contributed by atoms with Gasteiger partial charge in [0.05, 0.1) is 18.6 Å². The van der Waals surface area contributed by atoms with Crippen LogP contribution in [0.5, 0.6) is 0 Å². The highest BCUT2D eigenvalue weighted by molar-refractivity contribution is 7.17. The van der Waals surface area contributed by atoms with Crippen molar-refractivity contribution >= 4 is 34.3 Å². The van der Waals surface area contributed by atoms with Gasteiger partial charge in [0.25, 0.3) is 0 Å². The molecule has 1 aromatic heterocycles. The molecule has 0 aliphatic heterocycles. The van der Waals surface area contributed by atoms with Crippen molar-refractivity contribution in [2.24, 2.45) is 5.92 Å². The summed E-state index contributed by atoms with van der Waals surface area (Å²) in [7, 11) is 2.85. The van der Waals surface area contributed by atoms with Gasteiger partial charge in [-0.1, -0.05) is 6.92 Å². The number of carbonyl (C=O) groups excluding carboxylic acids is 2. The number of hydrogen-bond donors (Lipinski definition) is 2. The number of methoxy groups -OCH3 is 1. The van der Waals surface area contributed by atoms with Gasteiger partial charge in [0.15, 0.2) is 0 Å². The summed E-state index contributed by atoms with van der Waals surface area (Å²) in [4.78, 5) is 37.8. The molecule has 2 amide bonds. The van der Waals surface area contributed by atoms with Crippen molar-refractivity contribution in [3.63, 3.8) is 0 Å². The molecule has 1 aromatic rings. The first-order chi connectivity index (χ1) is 11.3. The number of hydrogen-bond acceptors (Lipinski definition) is 5. The Morgan fingerprint density at radius 1 is 1.33 bits per heavy atom. The molecule has 1 aliphatic carbocycles. The van der Waals surface area contributed by atoms with Crippen molar-refractivity contribution in [1.29, 1.82) is 0 Å². The van der Waals surface area contributed by atoms with Crippen LogP contribution in [0.4, 0.5) is 9.80 Å². The summed E-state index contributed by atoms with van der Waals surface area (Å²) in [5, 5.41) is 12.2. The van der Waals surface area contributed by atoms with Crippen LogP contribution in [-0.2, 0) is 22.4 Å². The van der Waals surface area contributed by atoms with E-state index in [-0.39, 0.29) is 6.54 Å². The molecule has 0 fully saturated rings. The number of nitrogens with zero attached hydrogens (tertiary/aromatic N) is 1. The second kappa shape index (κ2) is 7.65. The maximum absolute atomic E-state index is 12.3. The number of fused-ring (bicyclic) bond motifs is 1. The molecule has 1 aliphatic rings. The van der Waals surface area contributed by atoms with Crippen molar-refractivity contribution in [3.05, 3.63) is 16.0 Å². The first-order valence-corrected chi connectivity index (χ1v) is 8.64. The summed E-state index contributed by atoms with van der Waals surface area (Å²) in [6.45, 7) is 1.62. The van der Waals surface area contributed by atoms with Crippen LogP contribution in [0.2, 0.25) is 0 Å². The largest absolute Gasteiger partial charge is 0.481 e. The van der Waals surface area contributed by atoms with Crippen LogP contribution in [0, 0.1) is 5.92 Å². The van der Waals surface area contributed by atoms with Crippen LogP contribution in [0.25, 0.3) is 0 Å². The number of esters is 1. The van der Waals surface area contributed by atoms with E-state index in [0.29, 0.717) is 10.6 Å². The van der Waals surface area contributed by atoms with Crippen LogP contribution in [0.1, 0.15) is 40.6 Å². The molecule has 8 heteroatoms. The van der Waals surface area contributed by atoms with E-state index in [0.717, 1.165) is 36.1 Å². The lowest BCUT2D eigenvalue weighted by molar-refractivity contribution is -0.141. The standard InChI is InChI=1S/C16H22N2O5S/c1-9(14(19)20)8-18(2)16(22)17-13-12(15(21)23-3)10-6-4-5-7-11(10)24-13/h9H,4-8H2,1-3H3,(H,17,22)(H,19,20). The summed E-state index contributed by atoms with van der Waals surface area (Å²) in [6.07, 6.45) is 3.78. The number of amides is 2. The van der Waals surface area contributed by atoms with Gasteiger partial charge >= 0.3 is 18.0 Å². The van der Waals surface area contributed by atoms with E-state index in [1.165, 1.54) is 37.3 Å². The van der Waals surface area contributed by atoms with Gasteiger partial charge in [-0.25, -0.2) is 9.59 Å². The van der Waals surface area contributed by atoms with Crippen molar-refractivity contribution in [1.82, 2.24) is 4.90 Å².